The van der Waals surface area contributed by atoms with Crippen molar-refractivity contribution in [3.8, 4) is 12.3 Å². The van der Waals surface area contributed by atoms with E-state index in [0.29, 0.717) is 13.0 Å². The van der Waals surface area contributed by atoms with E-state index in [-0.39, 0.29) is 11.7 Å². The van der Waals surface area contributed by atoms with Crippen molar-refractivity contribution in [2.75, 3.05) is 12.3 Å². The normalized spacial score (nSPS) is 12.8. The molecule has 1 aromatic rings. The summed E-state index contributed by atoms with van der Waals surface area (Å²) in [5, 5.41) is 0. The second-order valence-electron chi connectivity index (χ2n) is 4.65. The molecule has 4 heteroatoms. The molecule has 0 aliphatic rings. The highest BCUT2D eigenvalue weighted by Crippen LogP contribution is 2.16. The van der Waals surface area contributed by atoms with Crippen molar-refractivity contribution in [2.24, 2.45) is 0 Å². The molecular formula is C15H21NO2S. The number of sulfonamides is 1. The first-order chi connectivity index (χ1) is 9.05. The van der Waals surface area contributed by atoms with E-state index in [1.165, 1.54) is 0 Å². The molecule has 0 amide bonds. The Morgan fingerprint density at radius 1 is 1.26 bits per heavy atom. The minimum absolute atomic E-state index is 0.00981. The zero-order valence-corrected chi connectivity index (χ0v) is 12.1. The molecule has 3 nitrogen and oxygen atoms in total. The SMILES string of the molecule is C#CCCCCNS(=O)(=O)CC(C)c1ccccc1. The predicted octanol–water partition coefficient (Wildman–Crippen LogP) is 2.51. The average Bonchev–Trinajstić information content (AvgIpc) is 2.39. The van der Waals surface area contributed by atoms with Gasteiger partial charge in [0.2, 0.25) is 10.0 Å². The second-order valence-corrected chi connectivity index (χ2v) is 6.50. The van der Waals surface area contributed by atoms with Gasteiger partial charge in [-0.15, -0.1) is 12.3 Å². The van der Waals surface area contributed by atoms with Crippen molar-refractivity contribution >= 4 is 10.0 Å². The smallest absolute Gasteiger partial charge is 0.212 e. The van der Waals surface area contributed by atoms with E-state index in [0.717, 1.165) is 18.4 Å². The van der Waals surface area contributed by atoms with Gasteiger partial charge in [-0.05, 0) is 24.3 Å². The van der Waals surface area contributed by atoms with Crippen molar-refractivity contribution in [3.05, 3.63) is 35.9 Å². The first-order valence-electron chi connectivity index (χ1n) is 6.51. The molecule has 0 heterocycles. The number of hydrogen-bond acceptors (Lipinski definition) is 2. The molecule has 1 atom stereocenters. The maximum Gasteiger partial charge on any atom is 0.212 e. The minimum Gasteiger partial charge on any atom is -0.215 e. The maximum absolute atomic E-state index is 11.9. The lowest BCUT2D eigenvalue weighted by molar-refractivity contribution is 0.572. The lowest BCUT2D eigenvalue weighted by atomic mass is 10.0. The van der Waals surface area contributed by atoms with Crippen LogP contribution in [0.2, 0.25) is 0 Å². The monoisotopic (exact) mass is 279 g/mol. The van der Waals surface area contributed by atoms with E-state index in [2.05, 4.69) is 10.6 Å². The molecule has 0 radical (unpaired) electrons. The van der Waals surface area contributed by atoms with Gasteiger partial charge in [0.1, 0.15) is 0 Å². The van der Waals surface area contributed by atoms with E-state index in [9.17, 15) is 8.42 Å². The molecule has 1 aromatic carbocycles. The third-order valence-electron chi connectivity index (χ3n) is 2.91. The summed E-state index contributed by atoms with van der Waals surface area (Å²) in [5.41, 5.74) is 1.04. The number of unbranched alkanes of at least 4 members (excludes halogenated alkanes) is 2. The predicted molar refractivity (Wildman–Crippen MR) is 79.3 cm³/mol. The Morgan fingerprint density at radius 2 is 1.95 bits per heavy atom. The summed E-state index contributed by atoms with van der Waals surface area (Å²) < 4.78 is 26.4. The fraction of sp³-hybridized carbons (Fsp3) is 0.467. The summed E-state index contributed by atoms with van der Waals surface area (Å²) in [4.78, 5) is 0. The summed E-state index contributed by atoms with van der Waals surface area (Å²) in [6.45, 7) is 2.39. The van der Waals surface area contributed by atoms with Crippen LogP contribution in [0.5, 0.6) is 0 Å². The van der Waals surface area contributed by atoms with E-state index < -0.39 is 10.0 Å². The van der Waals surface area contributed by atoms with Crippen LogP contribution in [0.4, 0.5) is 0 Å². The van der Waals surface area contributed by atoms with E-state index in [1.807, 2.05) is 37.3 Å². The molecule has 1 rings (SSSR count). The topological polar surface area (TPSA) is 46.2 Å². The van der Waals surface area contributed by atoms with Crippen molar-refractivity contribution < 1.29 is 8.42 Å². The van der Waals surface area contributed by atoms with Gasteiger partial charge in [-0.2, -0.15) is 0 Å². The van der Waals surface area contributed by atoms with Crippen molar-refractivity contribution in [1.82, 2.24) is 4.72 Å². The Balaban J connectivity index is 2.40. The molecule has 104 valence electrons. The fourth-order valence-corrected chi connectivity index (χ4v) is 3.27. The number of nitrogens with one attached hydrogen (secondary N) is 1. The van der Waals surface area contributed by atoms with Crippen LogP contribution < -0.4 is 4.72 Å². The summed E-state index contributed by atoms with van der Waals surface area (Å²) in [7, 11) is -3.22. The largest absolute Gasteiger partial charge is 0.215 e. The van der Waals surface area contributed by atoms with Crippen LogP contribution in [0.25, 0.3) is 0 Å². The van der Waals surface area contributed by atoms with E-state index >= 15 is 0 Å². The molecule has 0 aliphatic carbocycles. The molecule has 1 unspecified atom stereocenters. The summed E-state index contributed by atoms with van der Waals surface area (Å²) >= 11 is 0. The van der Waals surface area contributed by atoms with Crippen molar-refractivity contribution in [1.29, 1.82) is 0 Å². The van der Waals surface area contributed by atoms with Gasteiger partial charge >= 0.3 is 0 Å². The van der Waals surface area contributed by atoms with Crippen LogP contribution in [-0.2, 0) is 10.0 Å². The van der Waals surface area contributed by atoms with E-state index in [4.69, 9.17) is 6.42 Å². The second kappa shape index (κ2) is 7.98. The molecule has 0 fully saturated rings. The standard InChI is InChI=1S/C15H21NO2S/c1-3-4-5-9-12-16-19(17,18)13-14(2)15-10-7-6-8-11-15/h1,6-8,10-11,14,16H,4-5,9,12-13H2,2H3. The highest BCUT2D eigenvalue weighted by Gasteiger charge is 2.16. The van der Waals surface area contributed by atoms with Gasteiger partial charge in [-0.3, -0.25) is 0 Å². The molecule has 0 bridgehead atoms. The third kappa shape index (κ3) is 6.42. The van der Waals surface area contributed by atoms with E-state index in [1.54, 1.807) is 0 Å². The molecule has 0 spiro atoms. The lowest BCUT2D eigenvalue weighted by Crippen LogP contribution is -2.29. The molecular weight excluding hydrogens is 258 g/mol. The van der Waals surface area contributed by atoms with Crippen molar-refractivity contribution in [2.45, 2.75) is 32.1 Å². The van der Waals surface area contributed by atoms with Gasteiger partial charge < -0.3 is 0 Å². The van der Waals surface area contributed by atoms with Crippen LogP contribution in [0.15, 0.2) is 30.3 Å². The van der Waals surface area contributed by atoms with Gasteiger partial charge in [0, 0.05) is 13.0 Å². The van der Waals surface area contributed by atoms with Crippen LogP contribution in [0.3, 0.4) is 0 Å². The van der Waals surface area contributed by atoms with Gasteiger partial charge in [-0.25, -0.2) is 13.1 Å². The first-order valence-corrected chi connectivity index (χ1v) is 8.16. The van der Waals surface area contributed by atoms with Crippen LogP contribution in [0.1, 0.15) is 37.7 Å². The van der Waals surface area contributed by atoms with Gasteiger partial charge in [0.15, 0.2) is 0 Å². The first kappa shape index (κ1) is 15.7. The van der Waals surface area contributed by atoms with Crippen LogP contribution in [0, 0.1) is 12.3 Å². The Labute approximate surface area is 116 Å². The summed E-state index contributed by atoms with van der Waals surface area (Å²) in [6, 6.07) is 9.67. The molecule has 0 saturated carbocycles. The lowest BCUT2D eigenvalue weighted by Gasteiger charge is -2.13. The van der Waals surface area contributed by atoms with Gasteiger partial charge in [-0.1, -0.05) is 37.3 Å². The Morgan fingerprint density at radius 3 is 2.58 bits per heavy atom. The van der Waals surface area contributed by atoms with Gasteiger partial charge in [0.05, 0.1) is 5.75 Å². The molecule has 0 saturated heterocycles. The van der Waals surface area contributed by atoms with Crippen molar-refractivity contribution in [3.63, 3.8) is 0 Å². The molecule has 0 aliphatic heterocycles. The minimum atomic E-state index is -3.22. The number of rotatable bonds is 8. The third-order valence-corrected chi connectivity index (χ3v) is 4.49. The highest BCUT2D eigenvalue weighted by atomic mass is 32.2. The zero-order valence-electron chi connectivity index (χ0n) is 11.3. The average molecular weight is 279 g/mol. The quantitative estimate of drug-likeness (QED) is 0.587. The number of hydrogen-bond donors (Lipinski definition) is 1. The number of benzene rings is 1. The summed E-state index contributed by atoms with van der Waals surface area (Å²) in [5.74, 6) is 2.65. The summed E-state index contributed by atoms with van der Waals surface area (Å²) in [6.07, 6.45) is 7.47. The van der Waals surface area contributed by atoms with Crippen LogP contribution in [-0.4, -0.2) is 20.7 Å². The number of terminal acetylenes is 1. The fourth-order valence-electron chi connectivity index (χ4n) is 1.85. The van der Waals surface area contributed by atoms with Gasteiger partial charge in [0.25, 0.3) is 0 Å². The maximum atomic E-state index is 11.9. The Bertz CT molecular complexity index is 503. The Hall–Kier alpha value is -1.31. The molecule has 0 aromatic heterocycles. The highest BCUT2D eigenvalue weighted by molar-refractivity contribution is 7.89. The Kier molecular flexibility index (Phi) is 6.61. The molecule has 19 heavy (non-hydrogen) atoms. The molecule has 1 N–H and O–H groups in total. The zero-order chi connectivity index (χ0) is 14.1. The van der Waals surface area contributed by atoms with Crippen LogP contribution >= 0.6 is 0 Å².